The fraction of sp³-hybridized carbons (Fsp3) is 0.190. The van der Waals surface area contributed by atoms with Crippen molar-refractivity contribution in [2.45, 2.75) is 25.3 Å². The summed E-state index contributed by atoms with van der Waals surface area (Å²) in [7, 11) is 0. The number of fused-ring (bicyclic) bond motifs is 2. The van der Waals surface area contributed by atoms with Crippen LogP contribution in [0.3, 0.4) is 0 Å². The third-order valence-corrected chi connectivity index (χ3v) is 6.35. The van der Waals surface area contributed by atoms with Gasteiger partial charge in [-0.1, -0.05) is 23.9 Å². The monoisotopic (exact) mass is 459 g/mol. The average Bonchev–Trinajstić information content (AvgIpc) is 2.97. The van der Waals surface area contributed by atoms with E-state index in [2.05, 4.69) is 107 Å². The summed E-state index contributed by atoms with van der Waals surface area (Å²) in [6, 6.07) is 19.8. The van der Waals surface area contributed by atoms with Gasteiger partial charge in [-0.15, -0.1) is 0 Å². The van der Waals surface area contributed by atoms with Gasteiger partial charge >= 0.3 is 0 Å². The first-order valence-electron chi connectivity index (χ1n) is 8.59. The van der Waals surface area contributed by atoms with E-state index in [0.717, 1.165) is 13.1 Å². The summed E-state index contributed by atoms with van der Waals surface area (Å²) in [6.45, 7) is 6.37. The van der Waals surface area contributed by atoms with E-state index in [1.54, 1.807) is 0 Å². The molecule has 0 fully saturated rings. The molecule has 0 radical (unpaired) electrons. The largest absolute Gasteiger partial charge is 0.335 e. The molecule has 1 aliphatic heterocycles. The SMILES string of the molecule is CCN1/C(=C/c2ccc3ccccc3[n+]2CC)Sc2ccc(I)cc21. The molecular weight excluding hydrogens is 439 g/mol. The van der Waals surface area contributed by atoms with Gasteiger partial charge in [0, 0.05) is 38.6 Å². The van der Waals surface area contributed by atoms with E-state index in [4.69, 9.17) is 0 Å². The Hall–Kier alpha value is -1.53. The molecule has 1 aromatic heterocycles. The van der Waals surface area contributed by atoms with Crippen molar-refractivity contribution in [3.8, 4) is 0 Å². The highest BCUT2D eigenvalue weighted by Crippen LogP contribution is 2.46. The molecule has 0 saturated heterocycles. The number of rotatable bonds is 3. The summed E-state index contributed by atoms with van der Waals surface area (Å²) in [5, 5.41) is 2.59. The van der Waals surface area contributed by atoms with Gasteiger partial charge in [-0.2, -0.15) is 4.57 Å². The maximum Gasteiger partial charge on any atom is 0.212 e. The lowest BCUT2D eigenvalue weighted by Gasteiger charge is -2.18. The van der Waals surface area contributed by atoms with E-state index in [1.165, 1.54) is 35.8 Å². The van der Waals surface area contributed by atoms with Crippen LogP contribution in [0.1, 0.15) is 19.5 Å². The molecule has 4 heteroatoms. The molecule has 2 heterocycles. The molecule has 25 heavy (non-hydrogen) atoms. The number of benzene rings is 2. The number of aryl methyl sites for hydroxylation is 1. The molecule has 0 saturated carbocycles. The van der Waals surface area contributed by atoms with Gasteiger partial charge in [0.25, 0.3) is 0 Å². The Balaban J connectivity index is 1.82. The zero-order valence-corrected chi connectivity index (χ0v) is 17.3. The van der Waals surface area contributed by atoms with Gasteiger partial charge in [0.05, 0.1) is 10.7 Å². The Labute approximate surface area is 166 Å². The van der Waals surface area contributed by atoms with Crippen LogP contribution in [0.25, 0.3) is 17.0 Å². The van der Waals surface area contributed by atoms with E-state index >= 15 is 0 Å². The molecular formula is C21H20IN2S+. The Kier molecular flexibility index (Phi) is 4.73. The molecule has 0 amide bonds. The predicted molar refractivity (Wildman–Crippen MR) is 116 cm³/mol. The van der Waals surface area contributed by atoms with Gasteiger partial charge in [0.15, 0.2) is 0 Å². The van der Waals surface area contributed by atoms with Crippen molar-refractivity contribution in [3.63, 3.8) is 0 Å². The molecule has 1 aliphatic rings. The van der Waals surface area contributed by atoms with Crippen molar-refractivity contribution in [1.82, 2.24) is 0 Å². The number of thioether (sulfide) groups is 1. The van der Waals surface area contributed by atoms with E-state index in [-0.39, 0.29) is 0 Å². The second-order valence-corrected chi connectivity index (χ2v) is 8.31. The maximum absolute atomic E-state index is 2.41. The summed E-state index contributed by atoms with van der Waals surface area (Å²) in [5.74, 6) is 0. The molecule has 126 valence electrons. The fourth-order valence-corrected chi connectivity index (χ4v) is 5.02. The summed E-state index contributed by atoms with van der Waals surface area (Å²) >= 11 is 4.26. The molecule has 0 atom stereocenters. The second-order valence-electron chi connectivity index (χ2n) is 6.00. The van der Waals surface area contributed by atoms with Gasteiger partial charge in [0.2, 0.25) is 11.2 Å². The summed E-state index contributed by atoms with van der Waals surface area (Å²) in [4.78, 5) is 3.76. The number of hydrogen-bond acceptors (Lipinski definition) is 2. The number of pyridine rings is 1. The van der Waals surface area contributed by atoms with Crippen molar-refractivity contribution in [2.24, 2.45) is 0 Å². The van der Waals surface area contributed by atoms with E-state index < -0.39 is 0 Å². The number of nitrogens with zero attached hydrogens (tertiary/aromatic N) is 2. The minimum absolute atomic E-state index is 0.960. The zero-order chi connectivity index (χ0) is 17.4. The minimum Gasteiger partial charge on any atom is -0.335 e. The molecule has 0 N–H and O–H groups in total. The number of anilines is 1. The fourth-order valence-electron chi connectivity index (χ4n) is 3.39. The predicted octanol–water partition coefficient (Wildman–Crippen LogP) is 5.68. The van der Waals surface area contributed by atoms with Gasteiger partial charge in [-0.05, 0) is 66.8 Å². The molecule has 2 nitrogen and oxygen atoms in total. The van der Waals surface area contributed by atoms with Gasteiger partial charge in [0.1, 0.15) is 6.54 Å². The van der Waals surface area contributed by atoms with Crippen molar-refractivity contribution in [1.29, 1.82) is 0 Å². The maximum atomic E-state index is 2.41. The van der Waals surface area contributed by atoms with Crippen LogP contribution in [0.15, 0.2) is 64.5 Å². The first-order chi connectivity index (χ1) is 12.2. The number of halogens is 1. The molecule has 3 aromatic rings. The van der Waals surface area contributed by atoms with Crippen molar-refractivity contribution in [2.75, 3.05) is 11.4 Å². The number of aromatic nitrogens is 1. The van der Waals surface area contributed by atoms with Crippen molar-refractivity contribution >= 4 is 57.0 Å². The van der Waals surface area contributed by atoms with Crippen LogP contribution in [-0.2, 0) is 6.54 Å². The first-order valence-corrected chi connectivity index (χ1v) is 10.5. The molecule has 0 bridgehead atoms. The van der Waals surface area contributed by atoms with Crippen molar-refractivity contribution < 1.29 is 4.57 Å². The highest BCUT2D eigenvalue weighted by molar-refractivity contribution is 14.1. The number of hydrogen-bond donors (Lipinski definition) is 0. The molecule has 4 rings (SSSR count). The van der Waals surface area contributed by atoms with Crippen LogP contribution in [-0.4, -0.2) is 6.54 Å². The smallest absolute Gasteiger partial charge is 0.212 e. The van der Waals surface area contributed by atoms with Crippen LogP contribution < -0.4 is 9.47 Å². The number of para-hydroxylation sites is 1. The summed E-state index contributed by atoms with van der Waals surface area (Å²) in [5.41, 5.74) is 3.87. The topological polar surface area (TPSA) is 7.12 Å². The van der Waals surface area contributed by atoms with Gasteiger partial charge in [-0.3, -0.25) is 0 Å². The van der Waals surface area contributed by atoms with E-state index in [9.17, 15) is 0 Å². The van der Waals surface area contributed by atoms with Crippen LogP contribution in [0.4, 0.5) is 5.69 Å². The van der Waals surface area contributed by atoms with Crippen LogP contribution in [0.5, 0.6) is 0 Å². The Morgan fingerprint density at radius 3 is 2.72 bits per heavy atom. The van der Waals surface area contributed by atoms with Crippen LogP contribution in [0, 0.1) is 3.57 Å². The van der Waals surface area contributed by atoms with Gasteiger partial charge < -0.3 is 4.90 Å². The lowest BCUT2D eigenvalue weighted by atomic mass is 10.2. The highest BCUT2D eigenvalue weighted by atomic mass is 127. The Bertz CT molecular complexity index is 981. The minimum atomic E-state index is 0.960. The molecule has 2 aromatic carbocycles. The lowest BCUT2D eigenvalue weighted by molar-refractivity contribution is -0.669. The third-order valence-electron chi connectivity index (χ3n) is 4.57. The second kappa shape index (κ2) is 7.00. The normalized spacial score (nSPS) is 15.2. The zero-order valence-electron chi connectivity index (χ0n) is 14.4. The van der Waals surface area contributed by atoms with Crippen LogP contribution in [0.2, 0.25) is 0 Å². The van der Waals surface area contributed by atoms with E-state index in [0.29, 0.717) is 0 Å². The Morgan fingerprint density at radius 1 is 1.08 bits per heavy atom. The average molecular weight is 459 g/mol. The third kappa shape index (κ3) is 3.06. The summed E-state index contributed by atoms with van der Waals surface area (Å²) < 4.78 is 3.68. The molecule has 0 unspecified atom stereocenters. The molecule has 0 aliphatic carbocycles. The standard InChI is InChI=1S/C21H20IN2S/c1-3-23-17(11-9-15-7-5-6-8-18(15)23)14-21-24(4-2)19-13-16(22)10-12-20(19)25-21/h5-14H,3-4H2,1-2H3/q+1. The van der Waals surface area contributed by atoms with E-state index in [1.807, 2.05) is 11.8 Å². The van der Waals surface area contributed by atoms with Gasteiger partial charge in [-0.25, -0.2) is 0 Å². The quantitative estimate of drug-likeness (QED) is 0.368. The molecule has 0 spiro atoms. The van der Waals surface area contributed by atoms with Crippen molar-refractivity contribution in [3.05, 3.63) is 68.9 Å². The summed E-state index contributed by atoms with van der Waals surface area (Å²) in [6.07, 6.45) is 2.33. The lowest BCUT2D eigenvalue weighted by Crippen LogP contribution is -2.36. The Morgan fingerprint density at radius 2 is 1.92 bits per heavy atom. The van der Waals surface area contributed by atoms with Crippen LogP contribution >= 0.6 is 34.4 Å². The highest BCUT2D eigenvalue weighted by Gasteiger charge is 2.25. The first kappa shape index (κ1) is 16.9.